The van der Waals surface area contributed by atoms with Crippen molar-refractivity contribution in [2.24, 2.45) is 5.73 Å². The first kappa shape index (κ1) is 17.4. The maximum atomic E-state index is 11.9. The van der Waals surface area contributed by atoms with Gasteiger partial charge < -0.3 is 15.8 Å². The summed E-state index contributed by atoms with van der Waals surface area (Å²) in [6.45, 7) is -0.573. The Hall–Kier alpha value is -1.68. The molecule has 4 nitrogen and oxygen atoms in total. The third kappa shape index (κ3) is 7.04. The van der Waals surface area contributed by atoms with E-state index in [0.717, 1.165) is 0 Å². The van der Waals surface area contributed by atoms with Crippen LogP contribution in [0.5, 0.6) is 0 Å². The molecule has 1 aromatic rings. The molecule has 1 aromatic carbocycles. The van der Waals surface area contributed by atoms with E-state index >= 15 is 0 Å². The van der Waals surface area contributed by atoms with Crippen LogP contribution in [0, 0.1) is 11.8 Å². The van der Waals surface area contributed by atoms with Gasteiger partial charge >= 0.3 is 0 Å². The van der Waals surface area contributed by atoms with Crippen molar-refractivity contribution < 1.29 is 18.3 Å². The molecule has 0 bridgehead atoms. The largest absolute Gasteiger partial charge is 0.375 e. The number of hydrogen-bond donors (Lipinski definition) is 2. The Morgan fingerprint density at radius 3 is 2.90 bits per heavy atom. The van der Waals surface area contributed by atoms with Gasteiger partial charge in [0.05, 0.1) is 25.3 Å². The van der Waals surface area contributed by atoms with Crippen molar-refractivity contribution in [3.05, 3.63) is 28.8 Å². The quantitative estimate of drug-likeness (QED) is 0.625. The smallest absolute Gasteiger partial charge is 0.261 e. The number of rotatable bonds is 6. The van der Waals surface area contributed by atoms with E-state index in [2.05, 4.69) is 21.9 Å². The van der Waals surface area contributed by atoms with Crippen LogP contribution in [0.3, 0.4) is 0 Å². The first-order chi connectivity index (χ1) is 10.0. The van der Waals surface area contributed by atoms with Crippen LogP contribution in [0.4, 0.5) is 14.5 Å². The summed E-state index contributed by atoms with van der Waals surface area (Å²) in [7, 11) is 0. The Bertz CT molecular complexity index is 542. The molecule has 0 atom stereocenters. The highest BCUT2D eigenvalue weighted by Crippen LogP contribution is 2.20. The second-order valence-corrected chi connectivity index (χ2v) is 4.40. The molecular weight excluding hydrogens is 302 g/mol. The van der Waals surface area contributed by atoms with Gasteiger partial charge in [0.2, 0.25) is 5.91 Å². The predicted molar refractivity (Wildman–Crippen MR) is 77.5 cm³/mol. The topological polar surface area (TPSA) is 64.3 Å². The van der Waals surface area contributed by atoms with Gasteiger partial charge in [0, 0.05) is 10.6 Å². The number of ether oxygens (including phenoxy) is 1. The van der Waals surface area contributed by atoms with Crippen molar-refractivity contribution in [1.82, 2.24) is 0 Å². The van der Waals surface area contributed by atoms with Crippen molar-refractivity contribution >= 4 is 23.2 Å². The summed E-state index contributed by atoms with van der Waals surface area (Å²) >= 11 is 5.86. The second kappa shape index (κ2) is 9.29. The van der Waals surface area contributed by atoms with Crippen LogP contribution in [-0.4, -0.2) is 32.1 Å². The van der Waals surface area contributed by atoms with Gasteiger partial charge in [-0.1, -0.05) is 23.4 Å². The van der Waals surface area contributed by atoms with E-state index < -0.39 is 13.0 Å². The van der Waals surface area contributed by atoms with Gasteiger partial charge in [-0.05, 0) is 18.2 Å². The summed E-state index contributed by atoms with van der Waals surface area (Å²) < 4.78 is 28.3. The van der Waals surface area contributed by atoms with E-state index in [0.29, 0.717) is 16.3 Å². The lowest BCUT2D eigenvalue weighted by Crippen LogP contribution is -2.16. The van der Waals surface area contributed by atoms with Crippen LogP contribution in [0.25, 0.3) is 0 Å². The fourth-order valence-electron chi connectivity index (χ4n) is 1.43. The molecule has 0 fully saturated rings. The summed E-state index contributed by atoms with van der Waals surface area (Å²) in [5.41, 5.74) is 6.32. The van der Waals surface area contributed by atoms with E-state index in [9.17, 15) is 13.6 Å². The first-order valence-electron chi connectivity index (χ1n) is 6.17. The highest BCUT2D eigenvalue weighted by Gasteiger charge is 2.08. The second-order valence-electron chi connectivity index (χ2n) is 3.96. The molecular formula is C14H15ClF2N2O2. The van der Waals surface area contributed by atoms with E-state index in [4.69, 9.17) is 17.3 Å². The Balaban J connectivity index is 2.59. The zero-order valence-corrected chi connectivity index (χ0v) is 11.9. The van der Waals surface area contributed by atoms with E-state index in [1.807, 2.05) is 0 Å². The lowest BCUT2D eigenvalue weighted by Gasteiger charge is -2.08. The van der Waals surface area contributed by atoms with Crippen LogP contribution < -0.4 is 11.1 Å². The number of carbonyl (C=O) groups excluding carboxylic acids is 1. The predicted octanol–water partition coefficient (Wildman–Crippen LogP) is 2.26. The number of carbonyl (C=O) groups is 1. The SMILES string of the molecule is NCC#Cc1cc(Cl)ccc1NC(=O)CCOCC(F)F. The number of nitrogens with one attached hydrogen (secondary N) is 1. The molecule has 0 aliphatic heterocycles. The lowest BCUT2D eigenvalue weighted by atomic mass is 10.1. The molecule has 0 aromatic heterocycles. The molecule has 0 spiro atoms. The molecule has 0 radical (unpaired) electrons. The van der Waals surface area contributed by atoms with Crippen molar-refractivity contribution in [2.75, 3.05) is 25.1 Å². The lowest BCUT2D eigenvalue weighted by molar-refractivity contribution is -0.117. The molecule has 3 N–H and O–H groups in total. The van der Waals surface area contributed by atoms with Gasteiger partial charge in [0.15, 0.2) is 0 Å². The zero-order valence-electron chi connectivity index (χ0n) is 11.2. The van der Waals surface area contributed by atoms with Crippen LogP contribution in [0.1, 0.15) is 12.0 Å². The molecule has 0 saturated carbocycles. The van der Waals surface area contributed by atoms with Gasteiger partial charge in [-0.3, -0.25) is 4.79 Å². The minimum Gasteiger partial charge on any atom is -0.375 e. The number of benzene rings is 1. The standard InChI is InChI=1S/C14H15ClF2N2O2/c15-11-3-4-12(10(8-11)2-1-6-18)19-14(20)5-7-21-9-13(16)17/h3-4,8,13H,5-7,9,18H2,(H,19,20). The van der Waals surface area contributed by atoms with Gasteiger partial charge in [-0.25, -0.2) is 8.78 Å². The van der Waals surface area contributed by atoms with Gasteiger partial charge in [0.25, 0.3) is 6.43 Å². The highest BCUT2D eigenvalue weighted by molar-refractivity contribution is 6.30. The summed E-state index contributed by atoms with van der Waals surface area (Å²) in [4.78, 5) is 11.7. The number of halogens is 3. The number of amides is 1. The number of nitrogens with two attached hydrogens (primary N) is 1. The molecule has 21 heavy (non-hydrogen) atoms. The monoisotopic (exact) mass is 316 g/mol. The molecule has 0 heterocycles. The van der Waals surface area contributed by atoms with Crippen LogP contribution in [0.2, 0.25) is 5.02 Å². The first-order valence-corrected chi connectivity index (χ1v) is 6.55. The van der Waals surface area contributed by atoms with Crippen LogP contribution in [0.15, 0.2) is 18.2 Å². The van der Waals surface area contributed by atoms with Crippen molar-refractivity contribution in [3.8, 4) is 11.8 Å². The minimum atomic E-state index is -2.54. The van der Waals surface area contributed by atoms with Gasteiger partial charge in [-0.2, -0.15) is 0 Å². The maximum Gasteiger partial charge on any atom is 0.261 e. The fourth-order valence-corrected chi connectivity index (χ4v) is 1.60. The summed E-state index contributed by atoms with van der Waals surface area (Å²) in [6.07, 6.45) is -2.57. The molecule has 0 unspecified atom stereocenters. The number of alkyl halides is 2. The van der Waals surface area contributed by atoms with Gasteiger partial charge in [-0.15, -0.1) is 0 Å². The van der Waals surface area contributed by atoms with Gasteiger partial charge in [0.1, 0.15) is 6.61 Å². The van der Waals surface area contributed by atoms with E-state index in [1.54, 1.807) is 18.2 Å². The maximum absolute atomic E-state index is 11.9. The van der Waals surface area contributed by atoms with Crippen molar-refractivity contribution in [2.45, 2.75) is 12.8 Å². The van der Waals surface area contributed by atoms with E-state index in [-0.39, 0.29) is 25.5 Å². The number of hydrogen-bond acceptors (Lipinski definition) is 3. The Morgan fingerprint density at radius 2 is 2.24 bits per heavy atom. The Kier molecular flexibility index (Phi) is 7.69. The Labute approximate surface area is 126 Å². The molecule has 1 amide bonds. The van der Waals surface area contributed by atoms with E-state index in [1.165, 1.54) is 0 Å². The molecule has 0 saturated heterocycles. The molecule has 1 rings (SSSR count). The summed E-state index contributed by atoms with van der Waals surface area (Å²) in [5.74, 6) is 5.11. The van der Waals surface area contributed by atoms with Crippen molar-refractivity contribution in [3.63, 3.8) is 0 Å². The normalized spacial score (nSPS) is 10.1. The zero-order chi connectivity index (χ0) is 15.7. The molecule has 0 aliphatic carbocycles. The highest BCUT2D eigenvalue weighted by atomic mass is 35.5. The fraction of sp³-hybridized carbons (Fsp3) is 0.357. The molecule has 114 valence electrons. The number of anilines is 1. The van der Waals surface area contributed by atoms with Crippen molar-refractivity contribution in [1.29, 1.82) is 0 Å². The third-order valence-electron chi connectivity index (χ3n) is 2.30. The minimum absolute atomic E-state index is 0.0287. The Morgan fingerprint density at radius 1 is 1.48 bits per heavy atom. The third-order valence-corrected chi connectivity index (χ3v) is 2.53. The average Bonchev–Trinajstić information content (AvgIpc) is 2.43. The van der Waals surface area contributed by atoms with Crippen LogP contribution >= 0.6 is 11.6 Å². The molecule has 0 aliphatic rings. The summed E-state index contributed by atoms with van der Waals surface area (Å²) in [5, 5.41) is 3.11. The average molecular weight is 317 g/mol. The summed E-state index contributed by atoms with van der Waals surface area (Å²) in [6, 6.07) is 4.83. The molecule has 7 heteroatoms. The van der Waals surface area contributed by atoms with Crippen LogP contribution in [-0.2, 0) is 9.53 Å².